The van der Waals surface area contributed by atoms with E-state index in [-0.39, 0.29) is 0 Å². The Kier molecular flexibility index (Phi) is 3.98. The SMILES string of the molecule is COC(=O)c1cnc(C2CC2)cc1-c1cc(Cl)ncc1OC. The molecule has 1 aliphatic carbocycles. The van der Waals surface area contributed by atoms with Crippen LogP contribution in [0.25, 0.3) is 11.1 Å². The summed E-state index contributed by atoms with van der Waals surface area (Å²) in [5.74, 6) is 0.566. The molecule has 0 unspecified atom stereocenters. The predicted octanol–water partition coefficient (Wildman–Crippen LogP) is 3.47. The Morgan fingerprint density at radius 1 is 1.18 bits per heavy atom. The smallest absolute Gasteiger partial charge is 0.340 e. The Labute approximate surface area is 133 Å². The van der Waals surface area contributed by atoms with E-state index in [0.717, 1.165) is 18.5 Å². The van der Waals surface area contributed by atoms with E-state index in [4.69, 9.17) is 21.1 Å². The Hall–Kier alpha value is -2.14. The molecule has 1 saturated carbocycles. The van der Waals surface area contributed by atoms with Crippen molar-refractivity contribution in [3.05, 3.63) is 40.9 Å². The molecule has 1 aliphatic rings. The fraction of sp³-hybridized carbons (Fsp3) is 0.312. The molecule has 0 aliphatic heterocycles. The van der Waals surface area contributed by atoms with Gasteiger partial charge in [0.15, 0.2) is 0 Å². The maximum atomic E-state index is 12.0. The number of halogens is 1. The Morgan fingerprint density at radius 3 is 2.59 bits per heavy atom. The van der Waals surface area contributed by atoms with Gasteiger partial charge in [-0.25, -0.2) is 9.78 Å². The van der Waals surface area contributed by atoms with Crippen molar-refractivity contribution in [2.24, 2.45) is 0 Å². The first kappa shape index (κ1) is 14.8. The van der Waals surface area contributed by atoms with E-state index in [1.54, 1.807) is 19.4 Å². The summed E-state index contributed by atoms with van der Waals surface area (Å²) in [5, 5.41) is 0.330. The molecule has 2 aromatic heterocycles. The number of nitrogens with zero attached hydrogens (tertiary/aromatic N) is 2. The van der Waals surface area contributed by atoms with Gasteiger partial charge in [-0.05, 0) is 25.0 Å². The molecule has 0 radical (unpaired) electrons. The molecule has 2 heterocycles. The molecule has 0 N–H and O–H groups in total. The minimum Gasteiger partial charge on any atom is -0.494 e. The van der Waals surface area contributed by atoms with Gasteiger partial charge in [-0.3, -0.25) is 4.98 Å². The van der Waals surface area contributed by atoms with E-state index in [1.165, 1.54) is 13.3 Å². The zero-order valence-electron chi connectivity index (χ0n) is 12.3. The number of aromatic nitrogens is 2. The molecule has 114 valence electrons. The van der Waals surface area contributed by atoms with Crippen LogP contribution in [0.5, 0.6) is 5.75 Å². The number of carbonyl (C=O) groups excluding carboxylic acids is 1. The number of ether oxygens (including phenoxy) is 2. The van der Waals surface area contributed by atoms with Gasteiger partial charge in [-0.15, -0.1) is 0 Å². The van der Waals surface area contributed by atoms with Gasteiger partial charge in [0.05, 0.1) is 26.0 Å². The quantitative estimate of drug-likeness (QED) is 0.638. The van der Waals surface area contributed by atoms with Crippen molar-refractivity contribution in [3.63, 3.8) is 0 Å². The van der Waals surface area contributed by atoms with Crippen LogP contribution in [0.15, 0.2) is 24.5 Å². The summed E-state index contributed by atoms with van der Waals surface area (Å²) in [6.45, 7) is 0. The van der Waals surface area contributed by atoms with Gasteiger partial charge in [0.1, 0.15) is 10.9 Å². The molecule has 5 nitrogen and oxygen atoms in total. The fourth-order valence-corrected chi connectivity index (χ4v) is 2.52. The summed E-state index contributed by atoms with van der Waals surface area (Å²) >= 11 is 6.01. The Bertz CT molecular complexity index is 729. The normalized spacial score (nSPS) is 13.8. The molecule has 1 fully saturated rings. The third kappa shape index (κ3) is 2.76. The highest BCUT2D eigenvalue weighted by Crippen LogP contribution is 2.42. The molecule has 0 bridgehead atoms. The van der Waals surface area contributed by atoms with Crippen molar-refractivity contribution in [1.82, 2.24) is 9.97 Å². The van der Waals surface area contributed by atoms with E-state index >= 15 is 0 Å². The lowest BCUT2D eigenvalue weighted by Crippen LogP contribution is -2.06. The second-order valence-electron chi connectivity index (χ2n) is 5.13. The highest BCUT2D eigenvalue weighted by Gasteiger charge is 2.27. The van der Waals surface area contributed by atoms with Crippen LogP contribution in [0.3, 0.4) is 0 Å². The van der Waals surface area contributed by atoms with Gasteiger partial charge in [-0.2, -0.15) is 0 Å². The maximum Gasteiger partial charge on any atom is 0.340 e. The zero-order valence-corrected chi connectivity index (χ0v) is 13.1. The van der Waals surface area contributed by atoms with Crippen molar-refractivity contribution in [2.75, 3.05) is 14.2 Å². The third-order valence-corrected chi connectivity index (χ3v) is 3.88. The van der Waals surface area contributed by atoms with Crippen LogP contribution in [0.4, 0.5) is 0 Å². The van der Waals surface area contributed by atoms with Crippen LogP contribution < -0.4 is 4.74 Å². The van der Waals surface area contributed by atoms with Crippen LogP contribution in [0, 0.1) is 0 Å². The molecule has 0 amide bonds. The van der Waals surface area contributed by atoms with Crippen LogP contribution in [-0.2, 0) is 4.74 Å². The lowest BCUT2D eigenvalue weighted by atomic mass is 10.00. The van der Waals surface area contributed by atoms with Crippen molar-refractivity contribution in [1.29, 1.82) is 0 Å². The van der Waals surface area contributed by atoms with Gasteiger partial charge >= 0.3 is 5.97 Å². The number of hydrogen-bond donors (Lipinski definition) is 0. The molecule has 0 saturated heterocycles. The first-order valence-corrected chi connectivity index (χ1v) is 7.30. The summed E-state index contributed by atoms with van der Waals surface area (Å²) in [4.78, 5) is 20.4. The van der Waals surface area contributed by atoms with Crippen LogP contribution >= 0.6 is 11.6 Å². The average Bonchev–Trinajstić information content (AvgIpc) is 3.38. The monoisotopic (exact) mass is 318 g/mol. The van der Waals surface area contributed by atoms with Gasteiger partial charge in [0.2, 0.25) is 0 Å². The maximum absolute atomic E-state index is 12.0. The fourth-order valence-electron chi connectivity index (χ4n) is 2.36. The molecule has 3 rings (SSSR count). The summed E-state index contributed by atoms with van der Waals surface area (Å²) in [6.07, 6.45) is 5.34. The topological polar surface area (TPSA) is 61.3 Å². The molecular formula is C16H15ClN2O3. The van der Waals surface area contributed by atoms with Crippen molar-refractivity contribution >= 4 is 17.6 Å². The number of hydrogen-bond acceptors (Lipinski definition) is 5. The largest absolute Gasteiger partial charge is 0.494 e. The molecule has 0 aromatic carbocycles. The Balaban J connectivity index is 2.20. The van der Waals surface area contributed by atoms with Crippen LogP contribution in [0.2, 0.25) is 5.15 Å². The summed E-state index contributed by atoms with van der Waals surface area (Å²) < 4.78 is 10.2. The lowest BCUT2D eigenvalue weighted by Gasteiger charge is -2.13. The molecular weight excluding hydrogens is 304 g/mol. The highest BCUT2D eigenvalue weighted by molar-refractivity contribution is 6.29. The van der Waals surface area contributed by atoms with Gasteiger partial charge < -0.3 is 9.47 Å². The Morgan fingerprint density at radius 2 is 1.95 bits per heavy atom. The number of pyridine rings is 2. The van der Waals surface area contributed by atoms with Crippen molar-refractivity contribution in [3.8, 4) is 16.9 Å². The number of carbonyl (C=O) groups is 1. The summed E-state index contributed by atoms with van der Waals surface area (Å²) in [7, 11) is 2.90. The number of rotatable bonds is 4. The molecule has 0 spiro atoms. The molecule has 0 atom stereocenters. The second-order valence-corrected chi connectivity index (χ2v) is 5.52. The van der Waals surface area contributed by atoms with E-state index in [2.05, 4.69) is 9.97 Å². The van der Waals surface area contributed by atoms with Gasteiger partial charge in [0.25, 0.3) is 0 Å². The first-order valence-electron chi connectivity index (χ1n) is 6.92. The van der Waals surface area contributed by atoms with Crippen LogP contribution in [-0.4, -0.2) is 30.2 Å². The predicted molar refractivity (Wildman–Crippen MR) is 82.3 cm³/mol. The van der Waals surface area contributed by atoms with Gasteiger partial charge in [-0.1, -0.05) is 11.6 Å². The van der Waals surface area contributed by atoms with E-state index in [9.17, 15) is 4.79 Å². The van der Waals surface area contributed by atoms with E-state index in [1.807, 2.05) is 6.07 Å². The van der Waals surface area contributed by atoms with Crippen molar-refractivity contribution < 1.29 is 14.3 Å². The number of esters is 1. The lowest BCUT2D eigenvalue weighted by molar-refractivity contribution is 0.0601. The minimum absolute atomic E-state index is 0.330. The van der Waals surface area contributed by atoms with Crippen LogP contribution in [0.1, 0.15) is 34.8 Å². The third-order valence-electron chi connectivity index (χ3n) is 3.67. The summed E-state index contributed by atoms with van der Waals surface area (Å²) in [6, 6.07) is 3.59. The standard InChI is InChI=1S/C16H15ClN2O3/c1-21-14-8-19-15(17)6-11(14)10-5-13(9-3-4-9)18-7-12(10)16(20)22-2/h5-9H,3-4H2,1-2H3. The molecule has 6 heteroatoms. The molecule has 2 aromatic rings. The van der Waals surface area contributed by atoms with Gasteiger partial charge in [0, 0.05) is 28.9 Å². The zero-order chi connectivity index (χ0) is 15.7. The van der Waals surface area contributed by atoms with Crippen molar-refractivity contribution in [2.45, 2.75) is 18.8 Å². The van der Waals surface area contributed by atoms with E-state index < -0.39 is 5.97 Å². The summed E-state index contributed by atoms with van der Waals surface area (Å²) in [5.41, 5.74) is 2.75. The molecule has 22 heavy (non-hydrogen) atoms. The highest BCUT2D eigenvalue weighted by atomic mass is 35.5. The second kappa shape index (κ2) is 5.93. The number of methoxy groups -OCH3 is 2. The van der Waals surface area contributed by atoms with E-state index in [0.29, 0.717) is 33.5 Å². The average molecular weight is 319 g/mol. The minimum atomic E-state index is -0.445. The first-order chi connectivity index (χ1) is 10.6.